The molecule has 2 fully saturated rings. The maximum atomic E-state index is 12.0. The van der Waals surface area contributed by atoms with Crippen LogP contribution in [0, 0.1) is 5.92 Å². The van der Waals surface area contributed by atoms with Crippen molar-refractivity contribution in [1.29, 1.82) is 0 Å². The number of nitrogens with zero attached hydrogens (tertiary/aromatic N) is 4. The normalized spacial score (nSPS) is 18.4. The van der Waals surface area contributed by atoms with Crippen molar-refractivity contribution < 1.29 is 4.79 Å². The summed E-state index contributed by atoms with van der Waals surface area (Å²) in [5, 5.41) is 11.4. The number of aromatic nitrogens is 2. The Morgan fingerprint density at radius 3 is 2.38 bits per heavy atom. The summed E-state index contributed by atoms with van der Waals surface area (Å²) in [6, 6.07) is 14.4. The van der Waals surface area contributed by atoms with Gasteiger partial charge in [-0.15, -0.1) is 10.2 Å². The van der Waals surface area contributed by atoms with Crippen molar-refractivity contribution in [1.82, 2.24) is 15.1 Å². The van der Waals surface area contributed by atoms with Gasteiger partial charge in [-0.05, 0) is 30.5 Å². The zero-order valence-corrected chi connectivity index (χ0v) is 15.0. The van der Waals surface area contributed by atoms with E-state index in [4.69, 9.17) is 0 Å². The molecule has 2 heterocycles. The lowest BCUT2D eigenvalue weighted by atomic mass is 9.85. The molecule has 0 unspecified atom stereocenters. The highest BCUT2D eigenvalue weighted by molar-refractivity contribution is 5.92. The van der Waals surface area contributed by atoms with E-state index in [1.807, 2.05) is 12.1 Å². The smallest absolute Gasteiger partial charge is 0.228 e. The molecule has 6 nitrogen and oxygen atoms in total. The molecule has 0 radical (unpaired) electrons. The molecule has 26 heavy (non-hydrogen) atoms. The Labute approximate surface area is 154 Å². The first-order valence-corrected chi connectivity index (χ1v) is 9.44. The minimum Gasteiger partial charge on any atom is -0.353 e. The molecular weight excluding hydrogens is 326 g/mol. The predicted molar refractivity (Wildman–Crippen MR) is 102 cm³/mol. The fourth-order valence-electron chi connectivity index (χ4n) is 3.44. The molecule has 1 aromatic carbocycles. The summed E-state index contributed by atoms with van der Waals surface area (Å²) in [5.74, 6) is 1.67. The largest absolute Gasteiger partial charge is 0.353 e. The number of nitrogens with one attached hydrogen (secondary N) is 1. The third kappa shape index (κ3) is 4.02. The first kappa shape index (κ1) is 17.0. The number of amides is 1. The standard InChI is InChI=1S/C20H25N5O/c26-20(17-7-4-8-17)21-18-9-10-19(23-22-18)25-13-11-24(12-14-25)15-16-5-2-1-3-6-16/h1-3,5-6,9-10,17H,4,7-8,11-15H2,(H,21,22,26). The SMILES string of the molecule is O=C(Nc1ccc(N2CCN(Cc3ccccc3)CC2)nn1)C1CCC1. The molecule has 1 aliphatic heterocycles. The lowest BCUT2D eigenvalue weighted by Crippen LogP contribution is -2.46. The van der Waals surface area contributed by atoms with Gasteiger partial charge in [0.05, 0.1) is 0 Å². The number of hydrogen-bond acceptors (Lipinski definition) is 5. The highest BCUT2D eigenvalue weighted by atomic mass is 16.2. The first-order chi connectivity index (χ1) is 12.8. The van der Waals surface area contributed by atoms with E-state index >= 15 is 0 Å². The second-order valence-corrected chi connectivity index (χ2v) is 7.14. The lowest BCUT2D eigenvalue weighted by Gasteiger charge is -2.35. The molecule has 6 heteroatoms. The van der Waals surface area contributed by atoms with Crippen molar-refractivity contribution in [2.24, 2.45) is 5.92 Å². The van der Waals surface area contributed by atoms with Crippen LogP contribution in [0.2, 0.25) is 0 Å². The number of rotatable bonds is 5. The molecule has 0 atom stereocenters. The van der Waals surface area contributed by atoms with E-state index < -0.39 is 0 Å². The van der Waals surface area contributed by atoms with Gasteiger partial charge in [-0.2, -0.15) is 0 Å². The van der Waals surface area contributed by atoms with Crippen molar-refractivity contribution in [3.05, 3.63) is 48.0 Å². The number of hydrogen-bond donors (Lipinski definition) is 1. The van der Waals surface area contributed by atoms with Crippen LogP contribution in [0.15, 0.2) is 42.5 Å². The number of benzene rings is 1. The van der Waals surface area contributed by atoms with Gasteiger partial charge < -0.3 is 10.2 Å². The zero-order chi connectivity index (χ0) is 17.8. The minimum atomic E-state index is 0.0767. The van der Waals surface area contributed by atoms with E-state index in [0.29, 0.717) is 5.82 Å². The third-order valence-electron chi connectivity index (χ3n) is 5.32. The molecule has 136 valence electrons. The zero-order valence-electron chi connectivity index (χ0n) is 15.0. The van der Waals surface area contributed by atoms with E-state index in [1.54, 1.807) is 0 Å². The second kappa shape index (κ2) is 7.83. The van der Waals surface area contributed by atoms with Crippen molar-refractivity contribution in [3.63, 3.8) is 0 Å². The summed E-state index contributed by atoms with van der Waals surface area (Å²) in [7, 11) is 0. The molecule has 1 N–H and O–H groups in total. The van der Waals surface area contributed by atoms with E-state index in [-0.39, 0.29) is 11.8 Å². The fraction of sp³-hybridized carbons (Fsp3) is 0.450. The van der Waals surface area contributed by atoms with Crippen LogP contribution in [0.4, 0.5) is 11.6 Å². The molecular formula is C20H25N5O. The predicted octanol–water partition coefficient (Wildman–Crippen LogP) is 2.54. The average molecular weight is 351 g/mol. The highest BCUT2D eigenvalue weighted by Crippen LogP contribution is 2.27. The minimum absolute atomic E-state index is 0.0767. The third-order valence-corrected chi connectivity index (χ3v) is 5.32. The summed E-state index contributed by atoms with van der Waals surface area (Å²) in [5.41, 5.74) is 1.35. The Morgan fingerprint density at radius 1 is 1.00 bits per heavy atom. The van der Waals surface area contributed by atoms with Gasteiger partial charge in [-0.1, -0.05) is 36.8 Å². The first-order valence-electron chi connectivity index (χ1n) is 9.44. The molecule has 0 spiro atoms. The summed E-state index contributed by atoms with van der Waals surface area (Å²) in [4.78, 5) is 16.7. The van der Waals surface area contributed by atoms with Crippen LogP contribution in [0.25, 0.3) is 0 Å². The topological polar surface area (TPSA) is 61.4 Å². The van der Waals surface area contributed by atoms with Gasteiger partial charge in [-0.25, -0.2) is 0 Å². The van der Waals surface area contributed by atoms with Crippen LogP contribution in [0.5, 0.6) is 0 Å². The summed E-state index contributed by atoms with van der Waals surface area (Å²) in [6.45, 7) is 4.89. The van der Waals surface area contributed by atoms with Gasteiger partial charge in [0.25, 0.3) is 0 Å². The summed E-state index contributed by atoms with van der Waals surface area (Å²) >= 11 is 0. The fourth-order valence-corrected chi connectivity index (χ4v) is 3.44. The Kier molecular flexibility index (Phi) is 5.11. The highest BCUT2D eigenvalue weighted by Gasteiger charge is 2.25. The van der Waals surface area contributed by atoms with Gasteiger partial charge >= 0.3 is 0 Å². The second-order valence-electron chi connectivity index (χ2n) is 7.14. The number of carbonyl (C=O) groups is 1. The van der Waals surface area contributed by atoms with Crippen LogP contribution >= 0.6 is 0 Å². The number of carbonyl (C=O) groups excluding carboxylic acids is 1. The number of piperazine rings is 1. The van der Waals surface area contributed by atoms with Crippen molar-refractivity contribution in [2.75, 3.05) is 36.4 Å². The maximum absolute atomic E-state index is 12.0. The maximum Gasteiger partial charge on any atom is 0.228 e. The molecule has 4 rings (SSSR count). The number of anilines is 2. The molecule has 0 bridgehead atoms. The van der Waals surface area contributed by atoms with E-state index in [2.05, 4.69) is 55.6 Å². The van der Waals surface area contributed by atoms with Gasteiger partial charge in [0.1, 0.15) is 0 Å². The summed E-state index contributed by atoms with van der Waals surface area (Å²) < 4.78 is 0. The average Bonchev–Trinajstić information content (AvgIpc) is 2.62. The summed E-state index contributed by atoms with van der Waals surface area (Å²) in [6.07, 6.45) is 3.13. The van der Waals surface area contributed by atoms with Gasteiger partial charge in [0.2, 0.25) is 5.91 Å². The molecule has 1 amide bonds. The molecule has 1 saturated carbocycles. The van der Waals surface area contributed by atoms with Crippen molar-refractivity contribution in [2.45, 2.75) is 25.8 Å². The van der Waals surface area contributed by atoms with E-state index in [0.717, 1.165) is 57.8 Å². The van der Waals surface area contributed by atoms with Gasteiger partial charge in [-0.3, -0.25) is 9.69 Å². The molecule has 1 aromatic heterocycles. The van der Waals surface area contributed by atoms with Crippen LogP contribution in [-0.4, -0.2) is 47.2 Å². The molecule has 1 saturated heterocycles. The quantitative estimate of drug-likeness (QED) is 0.897. The Bertz CT molecular complexity index is 722. The van der Waals surface area contributed by atoms with Gasteiger partial charge in [0, 0.05) is 38.6 Å². The molecule has 2 aromatic rings. The monoisotopic (exact) mass is 351 g/mol. The van der Waals surface area contributed by atoms with Crippen LogP contribution in [-0.2, 0) is 11.3 Å². The molecule has 2 aliphatic rings. The van der Waals surface area contributed by atoms with E-state index in [9.17, 15) is 4.79 Å². The van der Waals surface area contributed by atoms with Crippen molar-refractivity contribution >= 4 is 17.5 Å². The van der Waals surface area contributed by atoms with Crippen molar-refractivity contribution in [3.8, 4) is 0 Å². The Hall–Kier alpha value is -2.47. The van der Waals surface area contributed by atoms with Crippen LogP contribution < -0.4 is 10.2 Å². The molecule has 1 aliphatic carbocycles. The van der Waals surface area contributed by atoms with Gasteiger partial charge in [0.15, 0.2) is 11.6 Å². The van der Waals surface area contributed by atoms with Crippen LogP contribution in [0.1, 0.15) is 24.8 Å². The Morgan fingerprint density at radius 2 is 1.77 bits per heavy atom. The Balaban J connectivity index is 1.28. The van der Waals surface area contributed by atoms with Crippen LogP contribution in [0.3, 0.4) is 0 Å². The van der Waals surface area contributed by atoms with E-state index in [1.165, 1.54) is 5.56 Å². The lowest BCUT2D eigenvalue weighted by molar-refractivity contribution is -0.122.